The SMILES string of the molecule is C[C@H]1CCCCN1C(=O)Cn1cc(/C=C2\SC(=O)NC2=O)c2ccccc21. The van der Waals surface area contributed by atoms with Crippen LogP contribution < -0.4 is 5.32 Å². The maximum atomic E-state index is 12.8. The molecule has 2 fully saturated rings. The number of thioether (sulfide) groups is 1. The van der Waals surface area contributed by atoms with Gasteiger partial charge in [-0.15, -0.1) is 0 Å². The predicted octanol–water partition coefficient (Wildman–Crippen LogP) is 3.37. The van der Waals surface area contributed by atoms with E-state index in [9.17, 15) is 14.4 Å². The third kappa shape index (κ3) is 3.51. The Morgan fingerprint density at radius 2 is 2.11 bits per heavy atom. The lowest BCUT2D eigenvalue weighted by atomic mass is 10.0. The van der Waals surface area contributed by atoms with Crippen LogP contribution in [0, 0.1) is 0 Å². The normalized spacial score (nSPS) is 21.9. The number of carbonyl (C=O) groups is 3. The van der Waals surface area contributed by atoms with Crippen molar-refractivity contribution in [3.8, 4) is 0 Å². The van der Waals surface area contributed by atoms with Crippen molar-refractivity contribution in [2.75, 3.05) is 6.54 Å². The largest absolute Gasteiger partial charge is 0.338 e. The second kappa shape index (κ2) is 7.23. The van der Waals surface area contributed by atoms with Crippen molar-refractivity contribution < 1.29 is 14.4 Å². The van der Waals surface area contributed by atoms with Crippen LogP contribution in [0.15, 0.2) is 35.4 Å². The number of carbonyl (C=O) groups excluding carboxylic acids is 3. The maximum Gasteiger partial charge on any atom is 0.290 e. The van der Waals surface area contributed by atoms with E-state index in [-0.39, 0.29) is 29.6 Å². The van der Waals surface area contributed by atoms with Crippen molar-refractivity contribution in [2.24, 2.45) is 0 Å². The lowest BCUT2D eigenvalue weighted by molar-refractivity contribution is -0.135. The number of imide groups is 1. The molecule has 140 valence electrons. The van der Waals surface area contributed by atoms with Crippen LogP contribution in [0.25, 0.3) is 17.0 Å². The number of piperidine rings is 1. The quantitative estimate of drug-likeness (QED) is 0.825. The molecule has 7 heteroatoms. The molecule has 3 heterocycles. The summed E-state index contributed by atoms with van der Waals surface area (Å²) in [5.74, 6) is -0.259. The van der Waals surface area contributed by atoms with Gasteiger partial charge in [0.1, 0.15) is 6.54 Å². The first-order chi connectivity index (χ1) is 13.0. The molecule has 2 saturated heterocycles. The number of aromatic nitrogens is 1. The summed E-state index contributed by atoms with van der Waals surface area (Å²) >= 11 is 0.900. The Bertz CT molecular complexity index is 963. The number of rotatable bonds is 3. The Morgan fingerprint density at radius 3 is 2.85 bits per heavy atom. The van der Waals surface area contributed by atoms with E-state index < -0.39 is 0 Å². The van der Waals surface area contributed by atoms with Gasteiger partial charge in [-0.05, 0) is 50.1 Å². The standard InChI is InChI=1S/C20H21N3O3S/c1-13-6-4-5-9-23(13)18(24)12-22-11-14(15-7-2-3-8-16(15)22)10-17-19(25)21-20(26)27-17/h2-3,7-8,10-11,13H,4-6,9,12H2,1H3,(H,21,25,26)/b17-10-/t13-/m0/s1. The molecule has 1 N–H and O–H groups in total. The van der Waals surface area contributed by atoms with Crippen LogP contribution in [0.2, 0.25) is 0 Å². The Kier molecular flexibility index (Phi) is 4.78. The molecule has 1 aromatic heterocycles. The molecule has 0 spiro atoms. The topological polar surface area (TPSA) is 71.4 Å². The minimum absolute atomic E-state index is 0.116. The van der Waals surface area contributed by atoms with E-state index in [4.69, 9.17) is 0 Å². The van der Waals surface area contributed by atoms with E-state index >= 15 is 0 Å². The van der Waals surface area contributed by atoms with Gasteiger partial charge >= 0.3 is 0 Å². The van der Waals surface area contributed by atoms with Crippen molar-refractivity contribution in [3.05, 3.63) is 40.9 Å². The molecule has 2 aliphatic heterocycles. The van der Waals surface area contributed by atoms with E-state index in [0.29, 0.717) is 4.91 Å². The summed E-state index contributed by atoms with van der Waals surface area (Å²) < 4.78 is 1.94. The summed E-state index contributed by atoms with van der Waals surface area (Å²) in [6.45, 7) is 3.19. The van der Waals surface area contributed by atoms with E-state index in [1.54, 1.807) is 6.08 Å². The Hall–Kier alpha value is -2.54. The number of nitrogens with zero attached hydrogens (tertiary/aromatic N) is 2. The van der Waals surface area contributed by atoms with Crippen LogP contribution in [0.3, 0.4) is 0 Å². The number of amides is 3. The van der Waals surface area contributed by atoms with Crippen LogP contribution in [-0.4, -0.2) is 39.1 Å². The highest BCUT2D eigenvalue weighted by Gasteiger charge is 2.26. The van der Waals surface area contributed by atoms with Crippen LogP contribution in [0.4, 0.5) is 4.79 Å². The smallest absolute Gasteiger partial charge is 0.290 e. The molecule has 1 atom stereocenters. The molecule has 2 aliphatic rings. The third-order valence-electron chi connectivity index (χ3n) is 5.18. The second-order valence-corrected chi connectivity index (χ2v) is 8.03. The highest BCUT2D eigenvalue weighted by atomic mass is 32.2. The molecule has 27 heavy (non-hydrogen) atoms. The minimum Gasteiger partial charge on any atom is -0.338 e. The number of hydrogen-bond donors (Lipinski definition) is 1. The van der Waals surface area contributed by atoms with Gasteiger partial charge in [0.15, 0.2) is 0 Å². The predicted molar refractivity (Wildman–Crippen MR) is 106 cm³/mol. The highest BCUT2D eigenvalue weighted by Crippen LogP contribution is 2.30. The minimum atomic E-state index is -0.375. The summed E-state index contributed by atoms with van der Waals surface area (Å²) in [6, 6.07) is 8.07. The Balaban J connectivity index is 1.66. The van der Waals surface area contributed by atoms with Crippen molar-refractivity contribution in [1.29, 1.82) is 0 Å². The molecule has 0 radical (unpaired) electrons. The average Bonchev–Trinajstić information content (AvgIpc) is 3.15. The fourth-order valence-electron chi connectivity index (χ4n) is 3.79. The van der Waals surface area contributed by atoms with Crippen LogP contribution in [0.1, 0.15) is 31.7 Å². The van der Waals surface area contributed by atoms with E-state index in [1.165, 1.54) is 6.42 Å². The summed E-state index contributed by atoms with van der Waals surface area (Å²) in [4.78, 5) is 38.5. The summed E-state index contributed by atoms with van der Waals surface area (Å²) in [5, 5.41) is 2.87. The van der Waals surface area contributed by atoms with Gasteiger partial charge < -0.3 is 9.47 Å². The fourth-order valence-corrected chi connectivity index (χ4v) is 4.46. The van der Waals surface area contributed by atoms with Gasteiger partial charge in [-0.25, -0.2) is 0 Å². The fraction of sp³-hybridized carbons (Fsp3) is 0.350. The number of para-hydroxylation sites is 1. The van der Waals surface area contributed by atoms with E-state index in [0.717, 1.165) is 47.6 Å². The monoisotopic (exact) mass is 383 g/mol. The molecule has 2 aromatic rings. The zero-order valence-electron chi connectivity index (χ0n) is 15.1. The number of fused-ring (bicyclic) bond motifs is 1. The zero-order chi connectivity index (χ0) is 19.0. The van der Waals surface area contributed by atoms with Crippen molar-refractivity contribution in [3.63, 3.8) is 0 Å². The van der Waals surface area contributed by atoms with Gasteiger partial charge in [-0.1, -0.05) is 18.2 Å². The van der Waals surface area contributed by atoms with E-state index in [1.807, 2.05) is 39.9 Å². The maximum absolute atomic E-state index is 12.8. The van der Waals surface area contributed by atoms with Crippen molar-refractivity contribution in [1.82, 2.24) is 14.8 Å². The van der Waals surface area contributed by atoms with Crippen LogP contribution in [0.5, 0.6) is 0 Å². The number of hydrogen-bond acceptors (Lipinski definition) is 4. The van der Waals surface area contributed by atoms with Gasteiger partial charge in [0, 0.05) is 35.2 Å². The lowest BCUT2D eigenvalue weighted by Crippen LogP contribution is -2.43. The molecule has 0 aliphatic carbocycles. The summed E-state index contributed by atoms with van der Waals surface area (Å²) in [6.07, 6.45) is 6.89. The average molecular weight is 383 g/mol. The lowest BCUT2D eigenvalue weighted by Gasteiger charge is -2.33. The molecule has 3 amide bonds. The van der Waals surface area contributed by atoms with Gasteiger partial charge in [-0.3, -0.25) is 19.7 Å². The zero-order valence-corrected chi connectivity index (χ0v) is 15.9. The number of likely N-dealkylation sites (tertiary alicyclic amines) is 1. The summed E-state index contributed by atoms with van der Waals surface area (Å²) in [5.41, 5.74) is 1.77. The first kappa shape index (κ1) is 17.9. The van der Waals surface area contributed by atoms with Crippen LogP contribution in [-0.2, 0) is 16.1 Å². The second-order valence-electron chi connectivity index (χ2n) is 7.01. The number of benzene rings is 1. The highest BCUT2D eigenvalue weighted by molar-refractivity contribution is 8.18. The van der Waals surface area contributed by atoms with Gasteiger partial charge in [0.25, 0.3) is 11.1 Å². The first-order valence-electron chi connectivity index (χ1n) is 9.15. The first-order valence-corrected chi connectivity index (χ1v) is 9.97. The summed E-state index contributed by atoms with van der Waals surface area (Å²) in [7, 11) is 0. The van der Waals surface area contributed by atoms with E-state index in [2.05, 4.69) is 12.2 Å². The molecular formula is C20H21N3O3S. The third-order valence-corrected chi connectivity index (χ3v) is 5.99. The van der Waals surface area contributed by atoms with Gasteiger partial charge in [0.2, 0.25) is 5.91 Å². The van der Waals surface area contributed by atoms with Crippen molar-refractivity contribution >= 4 is 45.8 Å². The van der Waals surface area contributed by atoms with Gasteiger partial charge in [0.05, 0.1) is 4.91 Å². The molecule has 4 rings (SSSR count). The van der Waals surface area contributed by atoms with Crippen LogP contribution >= 0.6 is 11.8 Å². The molecular weight excluding hydrogens is 362 g/mol. The molecule has 6 nitrogen and oxygen atoms in total. The molecule has 1 aromatic carbocycles. The Labute approximate surface area is 161 Å². The molecule has 0 unspecified atom stereocenters. The molecule has 0 bridgehead atoms. The molecule has 0 saturated carbocycles. The van der Waals surface area contributed by atoms with Gasteiger partial charge in [-0.2, -0.15) is 0 Å². The van der Waals surface area contributed by atoms with Crippen molar-refractivity contribution in [2.45, 2.75) is 38.8 Å². The number of nitrogens with one attached hydrogen (secondary N) is 1. The Morgan fingerprint density at radius 1 is 1.30 bits per heavy atom.